The van der Waals surface area contributed by atoms with Gasteiger partial charge in [0.2, 0.25) is 5.91 Å². The van der Waals surface area contributed by atoms with E-state index in [4.69, 9.17) is 10.8 Å². The number of likely N-dealkylation sites (N-methyl/N-ethyl adjacent to an activating group) is 1. The van der Waals surface area contributed by atoms with Crippen LogP contribution in [0.4, 0.5) is 0 Å². The Kier molecular flexibility index (Phi) is 4.10. The zero-order chi connectivity index (χ0) is 14.0. The van der Waals surface area contributed by atoms with Crippen LogP contribution in [0, 0.1) is 0 Å². The van der Waals surface area contributed by atoms with Crippen LogP contribution in [0.25, 0.3) is 0 Å². The second kappa shape index (κ2) is 5.46. The van der Waals surface area contributed by atoms with Crippen molar-refractivity contribution in [3.63, 3.8) is 0 Å². The van der Waals surface area contributed by atoms with Gasteiger partial charge in [0.05, 0.1) is 5.54 Å². The van der Waals surface area contributed by atoms with E-state index in [1.807, 2.05) is 4.90 Å². The van der Waals surface area contributed by atoms with Crippen molar-refractivity contribution in [2.75, 3.05) is 26.7 Å². The molecule has 2 saturated heterocycles. The fraction of sp³-hybridized carbons (Fsp3) is 0.846. The molecule has 0 saturated carbocycles. The summed E-state index contributed by atoms with van der Waals surface area (Å²) in [6, 6.07) is -0.936. The van der Waals surface area contributed by atoms with Crippen molar-refractivity contribution in [3.05, 3.63) is 0 Å². The van der Waals surface area contributed by atoms with E-state index < -0.39 is 12.0 Å². The summed E-state index contributed by atoms with van der Waals surface area (Å²) in [6.07, 6.45) is 3.59. The van der Waals surface area contributed by atoms with Gasteiger partial charge in [0, 0.05) is 26.1 Å². The number of aliphatic carboxylic acids is 1. The molecule has 3 N–H and O–H groups in total. The highest BCUT2D eigenvalue weighted by Crippen LogP contribution is 2.37. The van der Waals surface area contributed by atoms with Crippen molar-refractivity contribution >= 4 is 11.9 Å². The Bertz CT molecular complexity index is 374. The number of likely N-dealkylation sites (tertiary alicyclic amines) is 2. The molecule has 1 unspecified atom stereocenters. The lowest BCUT2D eigenvalue weighted by Gasteiger charge is -2.35. The molecule has 2 aliphatic heterocycles. The van der Waals surface area contributed by atoms with E-state index in [-0.39, 0.29) is 24.3 Å². The fourth-order valence-electron chi connectivity index (χ4n) is 3.35. The number of carbonyl (C=O) groups excluding carboxylic acids is 1. The van der Waals surface area contributed by atoms with Crippen molar-refractivity contribution < 1.29 is 14.7 Å². The number of nitrogens with zero attached hydrogens (tertiary/aromatic N) is 2. The lowest BCUT2D eigenvalue weighted by atomic mass is 9.94. The third kappa shape index (κ3) is 2.90. The van der Waals surface area contributed by atoms with E-state index in [0.29, 0.717) is 0 Å². The highest BCUT2D eigenvalue weighted by molar-refractivity contribution is 5.79. The number of hydrogen-bond acceptors (Lipinski definition) is 4. The standard InChI is InChI=1S/C13H23N3O3/c1-15-8-6-13(9-15)5-2-7-16(13)11(17)4-3-10(14)12(18)19/h10H,2-9,14H2,1H3,(H,18,19)/t10-,13?/m0/s1. The smallest absolute Gasteiger partial charge is 0.320 e. The lowest BCUT2D eigenvalue weighted by molar-refractivity contribution is -0.139. The van der Waals surface area contributed by atoms with E-state index in [1.165, 1.54) is 0 Å². The maximum absolute atomic E-state index is 12.3. The Balaban J connectivity index is 1.93. The first kappa shape index (κ1) is 14.3. The summed E-state index contributed by atoms with van der Waals surface area (Å²) in [4.78, 5) is 27.2. The number of rotatable bonds is 4. The molecule has 2 rings (SSSR count). The van der Waals surface area contributed by atoms with Gasteiger partial charge in [-0.1, -0.05) is 0 Å². The van der Waals surface area contributed by atoms with Gasteiger partial charge in [-0.3, -0.25) is 9.59 Å². The molecule has 0 bridgehead atoms. The second-order valence-electron chi connectivity index (χ2n) is 5.84. The van der Waals surface area contributed by atoms with Gasteiger partial charge in [-0.05, 0) is 32.7 Å². The zero-order valence-corrected chi connectivity index (χ0v) is 11.5. The van der Waals surface area contributed by atoms with E-state index in [0.717, 1.165) is 38.9 Å². The summed E-state index contributed by atoms with van der Waals surface area (Å²) in [5, 5.41) is 8.74. The third-order valence-electron chi connectivity index (χ3n) is 4.41. The topological polar surface area (TPSA) is 86.9 Å². The molecule has 19 heavy (non-hydrogen) atoms. The Hall–Kier alpha value is -1.14. The van der Waals surface area contributed by atoms with Crippen LogP contribution in [0.5, 0.6) is 0 Å². The summed E-state index contributed by atoms with van der Waals surface area (Å²) in [5.41, 5.74) is 5.45. The molecule has 0 radical (unpaired) electrons. The van der Waals surface area contributed by atoms with Gasteiger partial charge in [0.25, 0.3) is 0 Å². The average Bonchev–Trinajstić information content (AvgIpc) is 2.93. The van der Waals surface area contributed by atoms with Crippen molar-refractivity contribution in [2.24, 2.45) is 5.73 Å². The average molecular weight is 269 g/mol. The van der Waals surface area contributed by atoms with Gasteiger partial charge in [-0.25, -0.2) is 0 Å². The van der Waals surface area contributed by atoms with Crippen molar-refractivity contribution in [1.82, 2.24) is 9.80 Å². The molecule has 2 fully saturated rings. The van der Waals surface area contributed by atoms with E-state index >= 15 is 0 Å². The molecule has 6 heteroatoms. The Morgan fingerprint density at radius 2 is 2.11 bits per heavy atom. The van der Waals surface area contributed by atoms with Crippen LogP contribution in [0.3, 0.4) is 0 Å². The summed E-state index contributed by atoms with van der Waals surface area (Å²) >= 11 is 0. The van der Waals surface area contributed by atoms with Gasteiger partial charge in [0.15, 0.2) is 0 Å². The number of carboxylic acids is 1. The molecule has 1 spiro atoms. The van der Waals surface area contributed by atoms with E-state index in [2.05, 4.69) is 11.9 Å². The SMILES string of the molecule is CN1CCC2(CCCN2C(=O)CC[C@H](N)C(=O)O)C1. The van der Waals surface area contributed by atoms with Crippen LogP contribution in [0.2, 0.25) is 0 Å². The molecular formula is C13H23N3O3. The van der Waals surface area contributed by atoms with Crippen molar-refractivity contribution in [1.29, 1.82) is 0 Å². The van der Waals surface area contributed by atoms with E-state index in [9.17, 15) is 9.59 Å². The number of nitrogens with two attached hydrogens (primary N) is 1. The first-order chi connectivity index (χ1) is 8.94. The van der Waals surface area contributed by atoms with Crippen LogP contribution in [0.1, 0.15) is 32.1 Å². The molecule has 108 valence electrons. The van der Waals surface area contributed by atoms with Gasteiger partial charge in [-0.15, -0.1) is 0 Å². The quantitative estimate of drug-likeness (QED) is 0.742. The number of amides is 1. The van der Waals surface area contributed by atoms with Crippen molar-refractivity contribution in [3.8, 4) is 0 Å². The summed E-state index contributed by atoms with van der Waals surface area (Å²) in [6.45, 7) is 2.76. The summed E-state index contributed by atoms with van der Waals surface area (Å²) in [5.74, 6) is -0.978. The lowest BCUT2D eigenvalue weighted by Crippen LogP contribution is -2.49. The molecule has 0 aliphatic carbocycles. The molecule has 2 aliphatic rings. The summed E-state index contributed by atoms with van der Waals surface area (Å²) < 4.78 is 0. The van der Waals surface area contributed by atoms with E-state index in [1.54, 1.807) is 0 Å². The monoisotopic (exact) mass is 269 g/mol. The molecule has 6 nitrogen and oxygen atoms in total. The molecule has 1 amide bonds. The Morgan fingerprint density at radius 1 is 1.37 bits per heavy atom. The minimum absolute atomic E-state index is 0.000841. The van der Waals surface area contributed by atoms with Gasteiger partial charge in [-0.2, -0.15) is 0 Å². The zero-order valence-electron chi connectivity index (χ0n) is 11.5. The Morgan fingerprint density at radius 3 is 2.68 bits per heavy atom. The van der Waals surface area contributed by atoms with Crippen LogP contribution in [-0.4, -0.2) is 65.0 Å². The normalized spacial score (nSPS) is 29.1. The molecule has 0 aromatic carbocycles. The first-order valence-electron chi connectivity index (χ1n) is 6.92. The molecular weight excluding hydrogens is 246 g/mol. The second-order valence-corrected chi connectivity index (χ2v) is 5.84. The first-order valence-corrected chi connectivity index (χ1v) is 6.92. The van der Waals surface area contributed by atoms with Gasteiger partial charge >= 0.3 is 5.97 Å². The highest BCUT2D eigenvalue weighted by atomic mass is 16.4. The molecule has 2 atom stereocenters. The molecule has 0 aromatic rings. The largest absolute Gasteiger partial charge is 0.480 e. The van der Waals surface area contributed by atoms with Crippen LogP contribution in [-0.2, 0) is 9.59 Å². The minimum atomic E-state index is -1.04. The number of carbonyl (C=O) groups is 2. The van der Waals surface area contributed by atoms with Gasteiger partial charge in [0.1, 0.15) is 6.04 Å². The maximum Gasteiger partial charge on any atom is 0.320 e. The minimum Gasteiger partial charge on any atom is -0.480 e. The highest BCUT2D eigenvalue weighted by Gasteiger charge is 2.46. The van der Waals surface area contributed by atoms with Crippen molar-refractivity contribution in [2.45, 2.75) is 43.7 Å². The van der Waals surface area contributed by atoms with Gasteiger partial charge < -0.3 is 20.6 Å². The predicted octanol–water partition coefficient (Wildman–Crippen LogP) is -0.125. The third-order valence-corrected chi connectivity index (χ3v) is 4.41. The maximum atomic E-state index is 12.3. The Labute approximate surface area is 113 Å². The molecule has 0 aromatic heterocycles. The van der Waals surface area contributed by atoms with Crippen LogP contribution >= 0.6 is 0 Å². The fourth-order valence-corrected chi connectivity index (χ4v) is 3.35. The molecule has 2 heterocycles. The van der Waals surface area contributed by atoms with Crippen LogP contribution < -0.4 is 5.73 Å². The predicted molar refractivity (Wildman–Crippen MR) is 70.6 cm³/mol. The van der Waals surface area contributed by atoms with Crippen LogP contribution in [0.15, 0.2) is 0 Å². The number of hydrogen-bond donors (Lipinski definition) is 2. The summed E-state index contributed by atoms with van der Waals surface area (Å²) in [7, 11) is 2.08. The number of carboxylic acid groups (broad SMARTS) is 1.